The summed E-state index contributed by atoms with van der Waals surface area (Å²) in [5, 5.41) is 36.5. The standard InChI is InChI=1S/C41H43N7O4/c1-5-15-48(16-13-37(50)51)24-28-17-31(20-42)39-36(19-28)47-41(52-39)34-10-6-8-32(26(34)3)33-9-7-11-35(27(33)4)46-40-38-30(12-14-44-40)18-29(23-45-38)22-43-21-25(2)49/h6-12,14,17-19,23,25,43,49H,5,13,15-16,21-22,24H2,1-4H3,(H,44,46)(H,50,51)/t25-/m0/s1. The van der Waals surface area contributed by atoms with Crippen LogP contribution in [0.15, 0.2) is 77.5 Å². The Hall–Kier alpha value is -5.67. The summed E-state index contributed by atoms with van der Waals surface area (Å²) in [5.74, 6) is 0.252. The molecule has 0 aliphatic heterocycles. The molecule has 0 aliphatic carbocycles. The summed E-state index contributed by atoms with van der Waals surface area (Å²) in [6.45, 7) is 10.7. The molecule has 3 aromatic carbocycles. The molecule has 6 rings (SSSR count). The Balaban J connectivity index is 1.29. The van der Waals surface area contributed by atoms with Crippen LogP contribution in [-0.4, -0.2) is 61.8 Å². The van der Waals surface area contributed by atoms with Crippen LogP contribution in [0.2, 0.25) is 0 Å². The highest BCUT2D eigenvalue weighted by atomic mass is 16.4. The Bertz CT molecular complexity index is 2270. The van der Waals surface area contributed by atoms with Gasteiger partial charge in [0.2, 0.25) is 5.89 Å². The average molecular weight is 698 g/mol. The van der Waals surface area contributed by atoms with Crippen molar-refractivity contribution in [3.63, 3.8) is 0 Å². The van der Waals surface area contributed by atoms with Crippen molar-refractivity contribution >= 4 is 39.5 Å². The second-order valence-electron chi connectivity index (χ2n) is 13.2. The first-order valence-electron chi connectivity index (χ1n) is 17.5. The van der Waals surface area contributed by atoms with Gasteiger partial charge in [0.05, 0.1) is 18.1 Å². The monoisotopic (exact) mass is 697 g/mol. The molecular weight excluding hydrogens is 654 g/mol. The molecule has 3 heterocycles. The van der Waals surface area contributed by atoms with Gasteiger partial charge in [-0.2, -0.15) is 5.26 Å². The first-order valence-corrected chi connectivity index (χ1v) is 17.5. The number of aliphatic hydroxyl groups excluding tert-OH is 1. The fourth-order valence-electron chi connectivity index (χ4n) is 6.55. The third-order valence-electron chi connectivity index (χ3n) is 9.12. The maximum absolute atomic E-state index is 11.2. The quantitative estimate of drug-likeness (QED) is 0.0841. The number of carbonyl (C=O) groups is 1. The fourth-order valence-corrected chi connectivity index (χ4v) is 6.55. The molecule has 0 spiro atoms. The Morgan fingerprint density at radius 1 is 1.00 bits per heavy atom. The van der Waals surface area contributed by atoms with Crippen LogP contribution in [0.4, 0.5) is 11.5 Å². The number of rotatable bonds is 15. The Kier molecular flexibility index (Phi) is 11.2. The highest BCUT2D eigenvalue weighted by Gasteiger charge is 2.19. The normalized spacial score (nSPS) is 12.0. The smallest absolute Gasteiger partial charge is 0.304 e. The van der Waals surface area contributed by atoms with Crippen molar-refractivity contribution in [3.8, 4) is 28.7 Å². The number of nitrogens with one attached hydrogen (secondary N) is 2. The van der Waals surface area contributed by atoms with E-state index in [1.54, 1.807) is 13.1 Å². The van der Waals surface area contributed by atoms with Crippen molar-refractivity contribution in [1.82, 2.24) is 25.2 Å². The number of oxazole rings is 1. The van der Waals surface area contributed by atoms with Crippen molar-refractivity contribution in [2.45, 2.75) is 59.7 Å². The number of fused-ring (bicyclic) bond motifs is 2. The van der Waals surface area contributed by atoms with Gasteiger partial charge in [-0.05, 0) is 104 Å². The molecule has 4 N–H and O–H groups in total. The van der Waals surface area contributed by atoms with E-state index in [0.717, 1.165) is 68.5 Å². The molecular formula is C41H43N7O4. The molecule has 0 amide bonds. The predicted octanol–water partition coefficient (Wildman–Crippen LogP) is 7.49. The number of nitrogens with zero attached hydrogens (tertiary/aromatic N) is 5. The van der Waals surface area contributed by atoms with E-state index in [1.807, 2.05) is 55.6 Å². The van der Waals surface area contributed by atoms with Gasteiger partial charge >= 0.3 is 5.97 Å². The van der Waals surface area contributed by atoms with Crippen LogP contribution in [-0.2, 0) is 17.9 Å². The van der Waals surface area contributed by atoms with Crippen molar-refractivity contribution in [2.75, 3.05) is 25.0 Å². The zero-order valence-corrected chi connectivity index (χ0v) is 29.9. The lowest BCUT2D eigenvalue weighted by Crippen LogP contribution is -2.26. The van der Waals surface area contributed by atoms with E-state index in [-0.39, 0.29) is 6.42 Å². The number of carboxylic acids is 1. The van der Waals surface area contributed by atoms with Crippen molar-refractivity contribution in [1.29, 1.82) is 5.26 Å². The average Bonchev–Trinajstić information content (AvgIpc) is 3.55. The van der Waals surface area contributed by atoms with E-state index >= 15 is 0 Å². The van der Waals surface area contributed by atoms with Gasteiger partial charge < -0.3 is 25.3 Å². The largest absolute Gasteiger partial charge is 0.481 e. The number of aromatic nitrogens is 3. The molecule has 11 heteroatoms. The molecule has 0 fully saturated rings. The van der Waals surface area contributed by atoms with Gasteiger partial charge in [-0.15, -0.1) is 0 Å². The fraction of sp³-hybridized carbons (Fsp3) is 0.293. The van der Waals surface area contributed by atoms with E-state index in [1.165, 1.54) is 0 Å². The lowest BCUT2D eigenvalue weighted by atomic mass is 9.93. The van der Waals surface area contributed by atoms with E-state index in [0.29, 0.717) is 54.6 Å². The molecule has 0 saturated carbocycles. The maximum Gasteiger partial charge on any atom is 0.304 e. The third-order valence-corrected chi connectivity index (χ3v) is 9.12. The number of aliphatic carboxylic acids is 1. The molecule has 3 aromatic heterocycles. The van der Waals surface area contributed by atoms with Gasteiger partial charge in [0.25, 0.3) is 0 Å². The molecule has 0 unspecified atom stereocenters. The summed E-state index contributed by atoms with van der Waals surface area (Å²) < 4.78 is 6.28. The van der Waals surface area contributed by atoms with Crippen molar-refractivity contribution in [2.24, 2.45) is 0 Å². The molecule has 1 atom stereocenters. The molecule has 0 radical (unpaired) electrons. The highest BCUT2D eigenvalue weighted by molar-refractivity contribution is 5.91. The number of aliphatic hydroxyl groups is 1. The van der Waals surface area contributed by atoms with Crippen LogP contribution >= 0.6 is 0 Å². The summed E-state index contributed by atoms with van der Waals surface area (Å²) in [6, 6.07) is 22.2. The van der Waals surface area contributed by atoms with E-state index in [2.05, 4.69) is 58.6 Å². The zero-order chi connectivity index (χ0) is 36.8. The van der Waals surface area contributed by atoms with Crippen LogP contribution in [0, 0.1) is 25.2 Å². The highest BCUT2D eigenvalue weighted by Crippen LogP contribution is 2.37. The predicted molar refractivity (Wildman–Crippen MR) is 203 cm³/mol. The van der Waals surface area contributed by atoms with Crippen LogP contribution in [0.1, 0.15) is 54.5 Å². The van der Waals surface area contributed by atoms with Gasteiger partial charge in [-0.1, -0.05) is 31.2 Å². The Morgan fingerprint density at radius 3 is 2.52 bits per heavy atom. The molecule has 52 heavy (non-hydrogen) atoms. The van der Waals surface area contributed by atoms with E-state index in [4.69, 9.17) is 14.4 Å². The number of benzene rings is 3. The van der Waals surface area contributed by atoms with Gasteiger partial charge in [-0.3, -0.25) is 14.7 Å². The lowest BCUT2D eigenvalue weighted by Gasteiger charge is -2.20. The molecule has 0 bridgehead atoms. The number of carboxylic acid groups (broad SMARTS) is 1. The van der Waals surface area contributed by atoms with Crippen LogP contribution < -0.4 is 10.6 Å². The lowest BCUT2D eigenvalue weighted by molar-refractivity contribution is -0.137. The van der Waals surface area contributed by atoms with E-state index in [9.17, 15) is 20.3 Å². The third kappa shape index (κ3) is 8.11. The molecule has 266 valence electrons. The minimum absolute atomic E-state index is 0.0540. The Labute approximate surface area is 303 Å². The topological polar surface area (TPSA) is 160 Å². The van der Waals surface area contributed by atoms with Crippen molar-refractivity contribution < 1.29 is 19.4 Å². The number of hydrogen-bond acceptors (Lipinski definition) is 10. The van der Waals surface area contributed by atoms with Crippen LogP contribution in [0.3, 0.4) is 0 Å². The number of anilines is 2. The van der Waals surface area contributed by atoms with Crippen LogP contribution in [0.25, 0.3) is 44.6 Å². The summed E-state index contributed by atoms with van der Waals surface area (Å²) in [6.07, 6.45) is 4.13. The summed E-state index contributed by atoms with van der Waals surface area (Å²) >= 11 is 0. The molecule has 6 aromatic rings. The first-order chi connectivity index (χ1) is 25.1. The number of nitriles is 1. The second-order valence-corrected chi connectivity index (χ2v) is 13.2. The van der Waals surface area contributed by atoms with Crippen molar-refractivity contribution in [3.05, 3.63) is 101 Å². The van der Waals surface area contributed by atoms with Crippen LogP contribution in [0.5, 0.6) is 0 Å². The van der Waals surface area contributed by atoms with Gasteiger partial charge in [0.1, 0.15) is 17.1 Å². The minimum atomic E-state index is -0.834. The second kappa shape index (κ2) is 16.1. The summed E-state index contributed by atoms with van der Waals surface area (Å²) in [5.41, 5.74) is 9.89. The summed E-state index contributed by atoms with van der Waals surface area (Å²) in [7, 11) is 0. The molecule has 0 aliphatic rings. The number of pyridine rings is 2. The number of hydrogen-bond donors (Lipinski definition) is 4. The van der Waals surface area contributed by atoms with E-state index < -0.39 is 12.1 Å². The summed E-state index contributed by atoms with van der Waals surface area (Å²) in [4.78, 5) is 27.5. The molecule has 11 nitrogen and oxygen atoms in total. The van der Waals surface area contributed by atoms with Gasteiger partial charge in [0.15, 0.2) is 11.4 Å². The van der Waals surface area contributed by atoms with Gasteiger partial charge in [-0.25, -0.2) is 9.97 Å². The SMILES string of the molecule is CCCN(CCC(=O)O)Cc1cc(C#N)c2oc(-c3cccc(-c4cccc(Nc5nccc6cc(CNC[C@H](C)O)cnc56)c4C)c3C)nc2c1. The zero-order valence-electron chi connectivity index (χ0n) is 29.9. The Morgan fingerprint density at radius 2 is 1.77 bits per heavy atom. The maximum atomic E-state index is 11.2. The molecule has 0 saturated heterocycles. The van der Waals surface area contributed by atoms with Gasteiger partial charge in [0, 0.05) is 55.2 Å². The first kappa shape index (κ1) is 36.1. The minimum Gasteiger partial charge on any atom is -0.481 e.